The molecule has 1 amide bonds. The number of aryl methyl sites for hydroxylation is 1. The Bertz CT molecular complexity index is 955. The van der Waals surface area contributed by atoms with E-state index in [1.165, 1.54) is 0 Å². The summed E-state index contributed by atoms with van der Waals surface area (Å²) in [5, 5.41) is 0.545. The van der Waals surface area contributed by atoms with Crippen LogP contribution >= 0.6 is 11.6 Å². The number of likely N-dealkylation sites (tertiary alicyclic amines) is 1. The summed E-state index contributed by atoms with van der Waals surface area (Å²) >= 11 is 5.95. The quantitative estimate of drug-likeness (QED) is 0.753. The van der Waals surface area contributed by atoms with Crippen LogP contribution in [0.5, 0.6) is 5.75 Å². The third-order valence-electron chi connectivity index (χ3n) is 4.92. The van der Waals surface area contributed by atoms with E-state index in [4.69, 9.17) is 16.3 Å². The summed E-state index contributed by atoms with van der Waals surface area (Å²) in [7, 11) is -3.57. The summed E-state index contributed by atoms with van der Waals surface area (Å²) < 4.78 is 33.5. The Morgan fingerprint density at radius 1 is 1.17 bits per heavy atom. The molecule has 0 radical (unpaired) electrons. The summed E-state index contributed by atoms with van der Waals surface area (Å²) in [5.74, 6) is 0.420. The van der Waals surface area contributed by atoms with Gasteiger partial charge in [-0.15, -0.1) is 0 Å². The molecule has 0 saturated carbocycles. The summed E-state index contributed by atoms with van der Waals surface area (Å²) in [6.07, 6.45) is 0.468. The number of benzene rings is 2. The lowest BCUT2D eigenvalue weighted by Gasteiger charge is -2.33. The second kappa shape index (κ2) is 9.15. The average molecular weight is 437 g/mol. The van der Waals surface area contributed by atoms with Gasteiger partial charge in [-0.25, -0.2) is 13.1 Å². The molecule has 1 aliphatic heterocycles. The van der Waals surface area contributed by atoms with E-state index in [0.717, 1.165) is 5.56 Å². The van der Waals surface area contributed by atoms with Crippen molar-refractivity contribution in [2.75, 3.05) is 13.1 Å². The molecule has 2 aromatic rings. The maximum atomic E-state index is 12.7. The largest absolute Gasteiger partial charge is 0.481 e. The highest BCUT2D eigenvalue weighted by Gasteiger charge is 2.29. The molecule has 2 aromatic carbocycles. The Morgan fingerprint density at radius 3 is 2.45 bits per heavy atom. The number of hydrogen-bond acceptors (Lipinski definition) is 4. The fourth-order valence-corrected chi connectivity index (χ4v) is 4.76. The van der Waals surface area contributed by atoms with E-state index < -0.39 is 16.1 Å². The van der Waals surface area contributed by atoms with Crippen molar-refractivity contribution in [2.45, 2.75) is 43.7 Å². The van der Waals surface area contributed by atoms with Crippen molar-refractivity contribution in [2.24, 2.45) is 0 Å². The molecule has 29 heavy (non-hydrogen) atoms. The monoisotopic (exact) mass is 436 g/mol. The van der Waals surface area contributed by atoms with Crippen molar-refractivity contribution >= 4 is 27.5 Å². The lowest BCUT2D eigenvalue weighted by Crippen LogP contribution is -2.49. The van der Waals surface area contributed by atoms with Crippen molar-refractivity contribution in [3.8, 4) is 5.75 Å². The number of rotatable bonds is 6. The molecule has 1 heterocycles. The fourth-order valence-electron chi connectivity index (χ4n) is 3.27. The van der Waals surface area contributed by atoms with E-state index in [2.05, 4.69) is 4.72 Å². The smallest absolute Gasteiger partial charge is 0.263 e. The van der Waals surface area contributed by atoms with Crippen molar-refractivity contribution in [1.29, 1.82) is 0 Å². The number of ether oxygens (including phenoxy) is 1. The predicted molar refractivity (Wildman–Crippen MR) is 113 cm³/mol. The van der Waals surface area contributed by atoms with Crippen LogP contribution in [0.25, 0.3) is 0 Å². The first-order valence-electron chi connectivity index (χ1n) is 9.54. The Kier molecular flexibility index (Phi) is 6.82. The number of carbonyl (C=O) groups is 1. The molecular formula is C21H25ClN2O4S. The normalized spacial score (nSPS) is 16.4. The first kappa shape index (κ1) is 21.6. The van der Waals surface area contributed by atoms with Gasteiger partial charge in [-0.05, 0) is 57.0 Å². The second-order valence-electron chi connectivity index (χ2n) is 7.25. The van der Waals surface area contributed by atoms with Gasteiger partial charge in [0.25, 0.3) is 5.91 Å². The van der Waals surface area contributed by atoms with Crippen molar-refractivity contribution < 1.29 is 17.9 Å². The maximum Gasteiger partial charge on any atom is 0.263 e. The molecule has 1 aliphatic rings. The third-order valence-corrected chi connectivity index (χ3v) is 6.69. The van der Waals surface area contributed by atoms with Gasteiger partial charge in [-0.3, -0.25) is 4.79 Å². The summed E-state index contributed by atoms with van der Waals surface area (Å²) in [6, 6.07) is 13.5. The number of piperidine rings is 1. The molecule has 8 heteroatoms. The molecular weight excluding hydrogens is 412 g/mol. The number of sulfonamides is 1. The minimum atomic E-state index is -3.57. The van der Waals surface area contributed by atoms with Crippen LogP contribution in [0.4, 0.5) is 0 Å². The number of nitrogens with zero attached hydrogens (tertiary/aromatic N) is 1. The molecule has 1 fully saturated rings. The standard InChI is InChI=1S/C21H25ClN2O4S/c1-15-6-8-20(9-7-15)29(26,27)23-18-10-12-24(13-11-18)21(25)16(2)28-19-5-3-4-17(22)14-19/h3-9,14,16,18,23H,10-13H2,1-2H3/t16-/m1/s1. The zero-order valence-corrected chi connectivity index (χ0v) is 18.0. The average Bonchev–Trinajstić information content (AvgIpc) is 2.68. The van der Waals surface area contributed by atoms with Gasteiger partial charge >= 0.3 is 0 Å². The Balaban J connectivity index is 1.53. The SMILES string of the molecule is Cc1ccc(S(=O)(=O)NC2CCN(C(=O)[C@@H](C)Oc3cccc(Cl)c3)CC2)cc1. The molecule has 3 rings (SSSR count). The zero-order chi connectivity index (χ0) is 21.0. The Labute approximate surface area is 176 Å². The number of hydrogen-bond donors (Lipinski definition) is 1. The van der Waals surface area contributed by atoms with E-state index in [9.17, 15) is 13.2 Å². The van der Waals surface area contributed by atoms with Gasteiger partial charge in [0.1, 0.15) is 5.75 Å². The Morgan fingerprint density at radius 2 is 1.83 bits per heavy atom. The minimum absolute atomic E-state index is 0.121. The van der Waals surface area contributed by atoms with Crippen LogP contribution in [-0.2, 0) is 14.8 Å². The molecule has 0 aromatic heterocycles. The first-order chi connectivity index (χ1) is 13.7. The van der Waals surface area contributed by atoms with Crippen LogP contribution in [-0.4, -0.2) is 44.5 Å². The van der Waals surface area contributed by atoms with Crippen LogP contribution < -0.4 is 9.46 Å². The molecule has 0 spiro atoms. The van der Waals surface area contributed by atoms with Crippen molar-refractivity contribution in [3.05, 3.63) is 59.1 Å². The molecule has 156 valence electrons. The first-order valence-corrected chi connectivity index (χ1v) is 11.4. The number of nitrogens with one attached hydrogen (secondary N) is 1. The lowest BCUT2D eigenvalue weighted by molar-refractivity contribution is -0.139. The summed E-state index contributed by atoms with van der Waals surface area (Å²) in [5.41, 5.74) is 1.00. The molecule has 0 bridgehead atoms. The van der Waals surface area contributed by atoms with Gasteiger partial charge in [0.2, 0.25) is 10.0 Å². The second-order valence-corrected chi connectivity index (χ2v) is 9.40. The van der Waals surface area contributed by atoms with Crippen LogP contribution in [0.2, 0.25) is 5.02 Å². The van der Waals surface area contributed by atoms with Gasteiger partial charge in [0, 0.05) is 24.2 Å². The molecule has 1 N–H and O–H groups in total. The number of halogens is 1. The summed E-state index contributed by atoms with van der Waals surface area (Å²) in [4.78, 5) is 14.6. The zero-order valence-electron chi connectivity index (χ0n) is 16.5. The van der Waals surface area contributed by atoms with E-state index in [-0.39, 0.29) is 16.8 Å². The summed E-state index contributed by atoms with van der Waals surface area (Å²) in [6.45, 7) is 4.56. The topological polar surface area (TPSA) is 75.7 Å². The molecule has 6 nitrogen and oxygen atoms in total. The van der Waals surface area contributed by atoms with Gasteiger partial charge in [0.15, 0.2) is 6.10 Å². The third kappa shape index (κ3) is 5.72. The number of amides is 1. The number of carbonyl (C=O) groups excluding carboxylic acids is 1. The van der Waals surface area contributed by atoms with E-state index >= 15 is 0 Å². The van der Waals surface area contributed by atoms with E-state index in [1.807, 2.05) is 6.92 Å². The fraction of sp³-hybridized carbons (Fsp3) is 0.381. The van der Waals surface area contributed by atoms with Crippen LogP contribution in [0.1, 0.15) is 25.3 Å². The predicted octanol–water partition coefficient (Wildman–Crippen LogP) is 3.39. The molecule has 1 atom stereocenters. The highest BCUT2D eigenvalue weighted by molar-refractivity contribution is 7.89. The molecule has 0 aliphatic carbocycles. The highest BCUT2D eigenvalue weighted by atomic mass is 35.5. The van der Waals surface area contributed by atoms with Crippen LogP contribution in [0.3, 0.4) is 0 Å². The van der Waals surface area contributed by atoms with Gasteiger partial charge in [0.05, 0.1) is 4.90 Å². The van der Waals surface area contributed by atoms with Crippen LogP contribution in [0, 0.1) is 6.92 Å². The van der Waals surface area contributed by atoms with E-state index in [0.29, 0.717) is 36.7 Å². The van der Waals surface area contributed by atoms with Crippen molar-refractivity contribution in [3.63, 3.8) is 0 Å². The lowest BCUT2D eigenvalue weighted by atomic mass is 10.1. The van der Waals surface area contributed by atoms with Gasteiger partial charge < -0.3 is 9.64 Å². The highest BCUT2D eigenvalue weighted by Crippen LogP contribution is 2.20. The molecule has 0 unspecified atom stereocenters. The Hall–Kier alpha value is -2.09. The minimum Gasteiger partial charge on any atom is -0.481 e. The van der Waals surface area contributed by atoms with E-state index in [1.54, 1.807) is 60.4 Å². The molecule has 1 saturated heterocycles. The maximum absolute atomic E-state index is 12.7. The van der Waals surface area contributed by atoms with Gasteiger partial charge in [-0.2, -0.15) is 0 Å². The van der Waals surface area contributed by atoms with Crippen molar-refractivity contribution in [1.82, 2.24) is 9.62 Å². The van der Waals surface area contributed by atoms with Gasteiger partial charge in [-0.1, -0.05) is 35.4 Å². The van der Waals surface area contributed by atoms with Crippen LogP contribution in [0.15, 0.2) is 53.4 Å².